The van der Waals surface area contributed by atoms with Gasteiger partial charge in [0, 0.05) is 38.2 Å². The van der Waals surface area contributed by atoms with E-state index in [0.717, 1.165) is 22.3 Å². The zero-order valence-corrected chi connectivity index (χ0v) is 36.1. The van der Waals surface area contributed by atoms with Crippen LogP contribution in [0.5, 0.6) is 0 Å². The number of carbonyl (C=O) groups excluding carboxylic acids is 7. The highest BCUT2D eigenvalue weighted by Gasteiger charge is 2.45. The van der Waals surface area contributed by atoms with Crippen molar-refractivity contribution in [2.75, 3.05) is 25.0 Å². The topological polar surface area (TPSA) is 198 Å². The van der Waals surface area contributed by atoms with Gasteiger partial charge in [0.2, 0.25) is 29.5 Å². The summed E-state index contributed by atoms with van der Waals surface area (Å²) in [6, 6.07) is 6.51. The molecule has 0 saturated carbocycles. The van der Waals surface area contributed by atoms with Gasteiger partial charge >= 0.3 is 6.03 Å². The molecular weight excluding hydrogens is 767 g/mol. The molecule has 3 aliphatic rings. The largest absolute Gasteiger partial charge is 0.391 e. The first-order chi connectivity index (χ1) is 28.5. The normalized spacial score (nSPS) is 22.3. The van der Waals surface area contributed by atoms with Crippen molar-refractivity contribution in [1.82, 2.24) is 30.7 Å². The number of nitrogens with one attached hydrogen (secondary N) is 4. The van der Waals surface area contributed by atoms with Gasteiger partial charge in [0.25, 0.3) is 0 Å². The van der Waals surface area contributed by atoms with E-state index in [4.69, 9.17) is 0 Å². The van der Waals surface area contributed by atoms with Gasteiger partial charge in [-0.15, -0.1) is 0 Å². The Morgan fingerprint density at radius 3 is 2.05 bits per heavy atom. The Morgan fingerprint density at radius 1 is 0.750 bits per heavy atom. The number of aliphatic hydroxyl groups excluding tert-OH is 1. The van der Waals surface area contributed by atoms with Crippen LogP contribution in [0.3, 0.4) is 0 Å². The summed E-state index contributed by atoms with van der Waals surface area (Å²) >= 11 is 0. The number of benzene rings is 2. The molecule has 8 atom stereocenters. The van der Waals surface area contributed by atoms with Crippen molar-refractivity contribution >= 4 is 47.0 Å². The minimum Gasteiger partial charge on any atom is -0.391 e. The summed E-state index contributed by atoms with van der Waals surface area (Å²) in [7, 11) is 0. The molecule has 15 heteroatoms. The summed E-state index contributed by atoms with van der Waals surface area (Å²) in [6.45, 7) is 13.4. The van der Waals surface area contributed by atoms with Gasteiger partial charge in [0.15, 0.2) is 5.78 Å². The molecule has 2 aromatic rings. The van der Waals surface area contributed by atoms with Crippen LogP contribution in [0.1, 0.15) is 94.9 Å². The molecule has 0 radical (unpaired) electrons. The number of hydrogen-bond acceptors (Lipinski definition) is 8. The van der Waals surface area contributed by atoms with Gasteiger partial charge < -0.3 is 41.1 Å². The van der Waals surface area contributed by atoms with Crippen LogP contribution in [0.25, 0.3) is 0 Å². The number of carbonyl (C=O) groups is 7. The van der Waals surface area contributed by atoms with E-state index in [1.54, 1.807) is 30.9 Å². The van der Waals surface area contributed by atoms with Crippen molar-refractivity contribution in [2.24, 2.45) is 5.92 Å². The van der Waals surface area contributed by atoms with Crippen molar-refractivity contribution in [3.05, 3.63) is 64.7 Å². The lowest BCUT2D eigenvalue weighted by Crippen LogP contribution is -2.62. The summed E-state index contributed by atoms with van der Waals surface area (Å²) < 4.78 is 0. The first-order valence-corrected chi connectivity index (χ1v) is 21.4. The van der Waals surface area contributed by atoms with Crippen LogP contribution in [0.2, 0.25) is 0 Å². The average Bonchev–Trinajstić information content (AvgIpc) is 3.86. The first kappa shape index (κ1) is 45.8. The van der Waals surface area contributed by atoms with Crippen molar-refractivity contribution < 1.29 is 38.7 Å². The number of likely N-dealkylation sites (tertiary alicyclic amines) is 3. The van der Waals surface area contributed by atoms with Gasteiger partial charge in [-0.25, -0.2) is 4.79 Å². The Morgan fingerprint density at radius 2 is 1.40 bits per heavy atom. The second-order valence-electron chi connectivity index (χ2n) is 17.1. The Kier molecular flexibility index (Phi) is 15.5. The number of ketones is 1. The number of amides is 7. The van der Waals surface area contributed by atoms with E-state index >= 15 is 0 Å². The molecule has 0 spiro atoms. The molecule has 326 valence electrons. The fourth-order valence-corrected chi connectivity index (χ4v) is 8.81. The molecular formula is C45H63N7O8. The van der Waals surface area contributed by atoms with Gasteiger partial charge in [0.1, 0.15) is 30.2 Å². The minimum absolute atomic E-state index is 0.0153. The van der Waals surface area contributed by atoms with Crippen molar-refractivity contribution in [3.63, 3.8) is 0 Å². The summed E-state index contributed by atoms with van der Waals surface area (Å²) in [6.07, 6.45) is 2.14. The first-order valence-electron chi connectivity index (χ1n) is 21.4. The van der Waals surface area contributed by atoms with Crippen LogP contribution in [0, 0.1) is 26.7 Å². The summed E-state index contributed by atoms with van der Waals surface area (Å²) in [5, 5.41) is 21.9. The zero-order chi connectivity index (χ0) is 43.8. The highest BCUT2D eigenvalue weighted by molar-refractivity contribution is 5.98. The number of hydrogen-bond donors (Lipinski definition) is 5. The Hall–Kier alpha value is -5.31. The number of anilines is 1. The molecule has 2 aromatic carbocycles. The molecule has 0 aromatic heterocycles. The van der Waals surface area contributed by atoms with Crippen LogP contribution < -0.4 is 21.3 Å². The van der Waals surface area contributed by atoms with Crippen molar-refractivity contribution in [1.29, 1.82) is 0 Å². The van der Waals surface area contributed by atoms with Crippen LogP contribution in [0.15, 0.2) is 42.5 Å². The molecule has 0 aliphatic carbocycles. The van der Waals surface area contributed by atoms with Gasteiger partial charge in [-0.3, -0.25) is 28.8 Å². The van der Waals surface area contributed by atoms with Gasteiger partial charge in [0.05, 0.1) is 12.1 Å². The number of rotatable bonds is 14. The molecule has 0 unspecified atom stereocenters. The fraction of sp³-hybridized carbons (Fsp3) is 0.578. The zero-order valence-electron chi connectivity index (χ0n) is 36.1. The predicted octanol–water partition coefficient (Wildman–Crippen LogP) is 3.30. The van der Waals surface area contributed by atoms with Crippen LogP contribution in [-0.4, -0.2) is 123 Å². The van der Waals surface area contributed by atoms with Gasteiger partial charge in [-0.2, -0.15) is 0 Å². The molecule has 15 nitrogen and oxygen atoms in total. The molecule has 3 heterocycles. The van der Waals surface area contributed by atoms with Crippen LogP contribution >= 0.6 is 0 Å². The third kappa shape index (κ3) is 11.3. The lowest BCUT2D eigenvalue weighted by molar-refractivity contribution is -0.152. The molecule has 5 N–H and O–H groups in total. The van der Waals surface area contributed by atoms with E-state index in [1.165, 1.54) is 16.7 Å². The Labute approximate surface area is 353 Å². The van der Waals surface area contributed by atoms with E-state index < -0.39 is 72.0 Å². The van der Waals surface area contributed by atoms with Gasteiger partial charge in [-0.05, 0) is 96.8 Å². The number of Topliss-reactive ketones (excluding diaryl/α,β-unsaturated/α-hetero) is 1. The molecule has 3 fully saturated rings. The van der Waals surface area contributed by atoms with Crippen molar-refractivity contribution in [2.45, 2.75) is 142 Å². The quantitative estimate of drug-likeness (QED) is 0.191. The lowest BCUT2D eigenvalue weighted by atomic mass is 9.98. The fourth-order valence-electron chi connectivity index (χ4n) is 8.81. The summed E-state index contributed by atoms with van der Waals surface area (Å²) in [5.74, 6) is -2.45. The smallest absolute Gasteiger partial charge is 0.319 e. The minimum atomic E-state index is -1.45. The number of nitrogens with zero attached hydrogens (tertiary/aromatic N) is 3. The molecule has 3 saturated heterocycles. The summed E-state index contributed by atoms with van der Waals surface area (Å²) in [5.41, 5.74) is 4.27. The second-order valence-corrected chi connectivity index (χ2v) is 17.1. The second kappa shape index (κ2) is 20.3. The maximum absolute atomic E-state index is 14.4. The van der Waals surface area contributed by atoms with E-state index in [0.29, 0.717) is 57.2 Å². The third-order valence-electron chi connectivity index (χ3n) is 11.9. The molecule has 7 amide bonds. The average molecular weight is 830 g/mol. The molecule has 0 bridgehead atoms. The number of aryl methyl sites for hydroxylation is 3. The molecule has 3 aliphatic heterocycles. The van der Waals surface area contributed by atoms with Crippen LogP contribution in [0.4, 0.5) is 10.5 Å². The maximum Gasteiger partial charge on any atom is 0.319 e. The molecule has 60 heavy (non-hydrogen) atoms. The van der Waals surface area contributed by atoms with Crippen LogP contribution in [-0.2, 0) is 35.2 Å². The van der Waals surface area contributed by atoms with E-state index in [9.17, 15) is 38.7 Å². The van der Waals surface area contributed by atoms with E-state index in [2.05, 4.69) is 21.3 Å². The summed E-state index contributed by atoms with van der Waals surface area (Å²) in [4.78, 5) is 100. The van der Waals surface area contributed by atoms with Crippen molar-refractivity contribution in [3.8, 4) is 0 Å². The highest BCUT2D eigenvalue weighted by atomic mass is 16.3. The molecule has 5 rings (SSSR count). The van der Waals surface area contributed by atoms with E-state index in [-0.39, 0.29) is 37.1 Å². The third-order valence-corrected chi connectivity index (χ3v) is 11.9. The standard InChI is InChI=1S/C45H63N7O8/c1-8-38(54)37-23-29(5)25-52(37)42(57)30(6)46-41(56)35-12-9-10-18-50(35)43(58)36-13-11-19-51(36)44(59)39(31(7)53)49-40(55)34(24-32-21-27(3)20-28(4)22-32)48-45(60)47-33-16-14-26(2)15-17-33/h14-17,20-22,29-31,34-37,39,53H,8-13,18-19,23-25H2,1-7H3,(H,46,56)(H,49,55)(H2,47,48,60)/t29-,30+,31+,34+,35+,36+,37+,39+/m1/s1. The van der Waals surface area contributed by atoms with E-state index in [1.807, 2.05) is 58.0 Å². The SMILES string of the molecule is CCC(=O)[C@@H]1C[C@@H](C)CN1C(=O)[C@H](C)NC(=O)[C@@H]1CCCCN1C(=O)[C@@H]1CCCN1C(=O)[C@@H](NC(=O)[C@H](Cc1cc(C)cc(C)c1)NC(=O)Nc1ccc(C)cc1)[C@H](C)O. The number of piperidine rings is 1. The highest BCUT2D eigenvalue weighted by Crippen LogP contribution is 2.28. The lowest BCUT2D eigenvalue weighted by Gasteiger charge is -2.39. The monoisotopic (exact) mass is 829 g/mol. The number of urea groups is 1. The Bertz CT molecular complexity index is 1900. The predicted molar refractivity (Wildman–Crippen MR) is 227 cm³/mol. The maximum atomic E-state index is 14.4. The Balaban J connectivity index is 1.28. The van der Waals surface area contributed by atoms with Gasteiger partial charge in [-0.1, -0.05) is 60.9 Å². The number of aliphatic hydroxyl groups is 1.